The molecule has 0 radical (unpaired) electrons. The average molecular weight is 276 g/mol. The van der Waals surface area contributed by atoms with Gasteiger partial charge in [-0.2, -0.15) is 0 Å². The molecule has 0 aromatic heterocycles. The van der Waals surface area contributed by atoms with Crippen LogP contribution in [-0.4, -0.2) is 5.78 Å². The van der Waals surface area contributed by atoms with Crippen LogP contribution in [0.4, 0.5) is 0 Å². The molecule has 1 heteroatoms. The van der Waals surface area contributed by atoms with Crippen molar-refractivity contribution in [3.8, 4) is 0 Å². The third kappa shape index (κ3) is 1.61. The Hall–Kier alpha value is -1.63. The number of rotatable bonds is 2. The molecule has 2 aromatic carbocycles. The SMILES string of the molecule is O=C(c1ccc2c3c(cccc13)CC2)C1C2CCCCC21. The minimum absolute atomic E-state index is 0.339. The maximum absolute atomic E-state index is 13.0. The Morgan fingerprint density at radius 1 is 0.905 bits per heavy atom. The van der Waals surface area contributed by atoms with Gasteiger partial charge in [-0.1, -0.05) is 43.2 Å². The summed E-state index contributed by atoms with van der Waals surface area (Å²) in [7, 11) is 0. The summed E-state index contributed by atoms with van der Waals surface area (Å²) in [6.45, 7) is 0. The minimum atomic E-state index is 0.339. The van der Waals surface area contributed by atoms with Gasteiger partial charge in [-0.3, -0.25) is 4.79 Å². The Morgan fingerprint density at radius 2 is 1.62 bits per heavy atom. The predicted octanol–water partition coefficient (Wildman–Crippen LogP) is 4.56. The number of hydrogen-bond acceptors (Lipinski definition) is 1. The van der Waals surface area contributed by atoms with Crippen molar-refractivity contribution in [1.82, 2.24) is 0 Å². The van der Waals surface area contributed by atoms with Gasteiger partial charge in [0.1, 0.15) is 0 Å². The van der Waals surface area contributed by atoms with Gasteiger partial charge in [-0.05, 0) is 59.4 Å². The molecule has 0 saturated heterocycles. The van der Waals surface area contributed by atoms with Crippen LogP contribution in [0.25, 0.3) is 10.8 Å². The second-order valence-corrected chi connectivity index (χ2v) is 7.11. The summed E-state index contributed by atoms with van der Waals surface area (Å²) in [5, 5.41) is 2.60. The molecule has 3 aliphatic carbocycles. The van der Waals surface area contributed by atoms with E-state index in [1.807, 2.05) is 0 Å². The molecule has 1 nitrogen and oxygen atoms in total. The highest BCUT2D eigenvalue weighted by Gasteiger charge is 2.54. The highest BCUT2D eigenvalue weighted by atomic mass is 16.1. The van der Waals surface area contributed by atoms with E-state index >= 15 is 0 Å². The van der Waals surface area contributed by atoms with Crippen molar-refractivity contribution in [2.24, 2.45) is 17.8 Å². The van der Waals surface area contributed by atoms with Crippen LogP contribution in [0.1, 0.15) is 47.2 Å². The van der Waals surface area contributed by atoms with Gasteiger partial charge in [-0.25, -0.2) is 0 Å². The summed E-state index contributed by atoms with van der Waals surface area (Å²) in [5.41, 5.74) is 3.87. The van der Waals surface area contributed by atoms with Gasteiger partial charge in [0.2, 0.25) is 0 Å². The van der Waals surface area contributed by atoms with E-state index in [9.17, 15) is 4.79 Å². The zero-order chi connectivity index (χ0) is 14.0. The van der Waals surface area contributed by atoms with Crippen molar-refractivity contribution in [2.75, 3.05) is 0 Å². The fourth-order valence-electron chi connectivity index (χ4n) is 5.02. The maximum Gasteiger partial charge on any atom is 0.167 e. The summed E-state index contributed by atoms with van der Waals surface area (Å²) >= 11 is 0. The highest BCUT2D eigenvalue weighted by Crippen LogP contribution is 2.57. The Balaban J connectivity index is 1.61. The van der Waals surface area contributed by atoms with Crippen molar-refractivity contribution in [3.05, 3.63) is 47.0 Å². The van der Waals surface area contributed by atoms with Gasteiger partial charge in [0.15, 0.2) is 5.78 Å². The van der Waals surface area contributed by atoms with Crippen LogP contribution in [0.2, 0.25) is 0 Å². The van der Waals surface area contributed by atoms with Gasteiger partial charge in [0.05, 0.1) is 0 Å². The molecular formula is C20H20O. The lowest BCUT2D eigenvalue weighted by Crippen LogP contribution is -2.05. The maximum atomic E-state index is 13.0. The fraction of sp³-hybridized carbons (Fsp3) is 0.450. The zero-order valence-electron chi connectivity index (χ0n) is 12.3. The average Bonchev–Trinajstić information content (AvgIpc) is 3.12. The van der Waals surface area contributed by atoms with Gasteiger partial charge in [-0.15, -0.1) is 0 Å². The van der Waals surface area contributed by atoms with E-state index in [0.29, 0.717) is 23.5 Å². The number of benzene rings is 2. The Kier molecular flexibility index (Phi) is 2.39. The molecule has 3 aliphatic rings. The van der Waals surface area contributed by atoms with Crippen LogP contribution in [0.15, 0.2) is 30.3 Å². The van der Waals surface area contributed by atoms with Crippen molar-refractivity contribution >= 4 is 16.6 Å². The van der Waals surface area contributed by atoms with E-state index in [2.05, 4.69) is 30.3 Å². The molecule has 21 heavy (non-hydrogen) atoms. The standard InChI is InChI=1S/C20H20O/c21-20(19-14-5-1-2-6-15(14)19)17-11-10-13-9-8-12-4-3-7-16(17)18(12)13/h3-4,7,10-11,14-15,19H,1-2,5-6,8-9H2. The van der Waals surface area contributed by atoms with E-state index in [0.717, 1.165) is 18.4 Å². The summed E-state index contributed by atoms with van der Waals surface area (Å²) in [6.07, 6.45) is 7.49. The van der Waals surface area contributed by atoms with Crippen molar-refractivity contribution in [2.45, 2.75) is 38.5 Å². The fourth-order valence-corrected chi connectivity index (χ4v) is 5.02. The first-order valence-electron chi connectivity index (χ1n) is 8.42. The Bertz CT molecular complexity index is 736. The van der Waals surface area contributed by atoms with E-state index in [4.69, 9.17) is 0 Å². The molecule has 0 amide bonds. The van der Waals surface area contributed by atoms with E-state index in [1.165, 1.54) is 47.6 Å². The number of aryl methyl sites for hydroxylation is 2. The van der Waals surface area contributed by atoms with Gasteiger partial charge >= 0.3 is 0 Å². The number of carbonyl (C=O) groups excluding carboxylic acids is 1. The lowest BCUT2D eigenvalue weighted by molar-refractivity contribution is 0.0958. The van der Waals surface area contributed by atoms with Crippen LogP contribution in [0.3, 0.4) is 0 Å². The van der Waals surface area contributed by atoms with Crippen molar-refractivity contribution in [3.63, 3.8) is 0 Å². The molecule has 0 spiro atoms. The molecule has 0 N–H and O–H groups in total. The lowest BCUT2D eigenvalue weighted by Gasteiger charge is -2.08. The zero-order valence-corrected chi connectivity index (χ0v) is 12.3. The predicted molar refractivity (Wildman–Crippen MR) is 84.6 cm³/mol. The number of Topliss-reactive ketones (excluding diaryl/α,β-unsaturated/α-hetero) is 1. The molecule has 5 rings (SSSR count). The normalized spacial score (nSPS) is 29.4. The second-order valence-electron chi connectivity index (χ2n) is 7.11. The smallest absolute Gasteiger partial charge is 0.167 e. The van der Waals surface area contributed by atoms with E-state index in [-0.39, 0.29) is 0 Å². The minimum Gasteiger partial charge on any atom is -0.294 e. The summed E-state index contributed by atoms with van der Waals surface area (Å²) < 4.78 is 0. The van der Waals surface area contributed by atoms with Gasteiger partial charge in [0, 0.05) is 11.5 Å². The highest BCUT2D eigenvalue weighted by molar-refractivity contribution is 6.12. The Morgan fingerprint density at radius 3 is 2.38 bits per heavy atom. The monoisotopic (exact) mass is 276 g/mol. The summed E-state index contributed by atoms with van der Waals surface area (Å²) in [4.78, 5) is 13.0. The lowest BCUT2D eigenvalue weighted by atomic mass is 9.95. The molecule has 0 bridgehead atoms. The molecular weight excluding hydrogens is 256 g/mol. The number of fused-ring (bicyclic) bond motifs is 1. The van der Waals surface area contributed by atoms with Crippen LogP contribution in [0.5, 0.6) is 0 Å². The quantitative estimate of drug-likeness (QED) is 0.735. The summed E-state index contributed by atoms with van der Waals surface area (Å²) in [6, 6.07) is 10.8. The number of carbonyl (C=O) groups is 1. The van der Waals surface area contributed by atoms with Gasteiger partial charge in [0.25, 0.3) is 0 Å². The number of ketones is 1. The van der Waals surface area contributed by atoms with Crippen LogP contribution in [0, 0.1) is 17.8 Å². The molecule has 106 valence electrons. The van der Waals surface area contributed by atoms with Gasteiger partial charge < -0.3 is 0 Å². The molecule has 2 atom stereocenters. The van der Waals surface area contributed by atoms with E-state index < -0.39 is 0 Å². The van der Waals surface area contributed by atoms with Crippen LogP contribution >= 0.6 is 0 Å². The first-order valence-corrected chi connectivity index (χ1v) is 8.42. The third-order valence-electron chi connectivity index (χ3n) is 6.10. The molecule has 2 unspecified atom stereocenters. The molecule has 2 fully saturated rings. The first kappa shape index (κ1) is 12.0. The first-order chi connectivity index (χ1) is 10.3. The molecule has 0 heterocycles. The second kappa shape index (κ2) is 4.19. The molecule has 0 aliphatic heterocycles. The Labute approximate surface area is 125 Å². The number of hydrogen-bond donors (Lipinski definition) is 0. The van der Waals surface area contributed by atoms with Crippen molar-refractivity contribution in [1.29, 1.82) is 0 Å². The van der Waals surface area contributed by atoms with Crippen LogP contribution in [-0.2, 0) is 12.8 Å². The molecule has 2 saturated carbocycles. The molecule has 2 aromatic rings. The third-order valence-corrected chi connectivity index (χ3v) is 6.10. The summed E-state index contributed by atoms with van der Waals surface area (Å²) in [5.74, 6) is 2.18. The topological polar surface area (TPSA) is 17.1 Å². The van der Waals surface area contributed by atoms with E-state index in [1.54, 1.807) is 0 Å². The van der Waals surface area contributed by atoms with Crippen LogP contribution < -0.4 is 0 Å². The largest absolute Gasteiger partial charge is 0.294 e. The van der Waals surface area contributed by atoms with Crippen molar-refractivity contribution < 1.29 is 4.79 Å².